The maximum atomic E-state index is 11.4. The van der Waals surface area contributed by atoms with Crippen molar-refractivity contribution in [1.82, 2.24) is 0 Å². The molecular formula is C10H18O4S2. The Kier molecular flexibility index (Phi) is 3.29. The lowest BCUT2D eigenvalue weighted by atomic mass is 9.68. The molecule has 2 aliphatic heterocycles. The minimum absolute atomic E-state index is 0.0978. The van der Waals surface area contributed by atoms with E-state index in [4.69, 9.17) is 0 Å². The second kappa shape index (κ2) is 4.15. The molecule has 1 atom stereocenters. The van der Waals surface area contributed by atoms with Crippen LogP contribution in [0.4, 0.5) is 0 Å². The van der Waals surface area contributed by atoms with Crippen molar-refractivity contribution >= 4 is 21.6 Å². The molecule has 2 heterocycles. The Labute approximate surface area is 100 Å². The number of thioether (sulfide) groups is 1. The van der Waals surface area contributed by atoms with Crippen molar-refractivity contribution in [2.45, 2.75) is 24.9 Å². The number of rotatable bonds is 2. The summed E-state index contributed by atoms with van der Waals surface area (Å²) in [5.74, 6) is 1.71. The third kappa shape index (κ3) is 2.00. The van der Waals surface area contributed by atoms with Gasteiger partial charge in [0, 0.05) is 11.2 Å². The van der Waals surface area contributed by atoms with Crippen molar-refractivity contribution < 1.29 is 18.6 Å². The zero-order valence-electron chi connectivity index (χ0n) is 9.18. The minimum Gasteiger partial charge on any atom is -0.396 e. The van der Waals surface area contributed by atoms with Gasteiger partial charge in [-0.15, -0.1) is 0 Å². The topological polar surface area (TPSA) is 74.6 Å². The molecule has 2 aliphatic rings. The molecule has 2 fully saturated rings. The second-order valence-electron chi connectivity index (χ2n) is 4.92. The van der Waals surface area contributed by atoms with Crippen LogP contribution in [0.3, 0.4) is 0 Å². The van der Waals surface area contributed by atoms with E-state index in [0.29, 0.717) is 25.0 Å². The number of aliphatic hydroxyl groups is 2. The Balaban J connectivity index is 2.21. The van der Waals surface area contributed by atoms with E-state index in [9.17, 15) is 18.6 Å². The highest BCUT2D eigenvalue weighted by molar-refractivity contribution is 7.99. The van der Waals surface area contributed by atoms with Crippen LogP contribution in [0, 0.1) is 5.41 Å². The van der Waals surface area contributed by atoms with Crippen LogP contribution in [-0.2, 0) is 9.84 Å². The lowest BCUT2D eigenvalue weighted by molar-refractivity contribution is -0.0969. The summed E-state index contributed by atoms with van der Waals surface area (Å²) < 4.78 is 22.8. The summed E-state index contributed by atoms with van der Waals surface area (Å²) in [6.07, 6.45) is 1.45. The van der Waals surface area contributed by atoms with E-state index in [1.807, 2.05) is 0 Å². The van der Waals surface area contributed by atoms with Gasteiger partial charge in [-0.05, 0) is 25.0 Å². The first-order valence-electron chi connectivity index (χ1n) is 5.55. The van der Waals surface area contributed by atoms with Crippen LogP contribution in [-0.4, -0.2) is 53.9 Å². The minimum atomic E-state index is -2.95. The van der Waals surface area contributed by atoms with Crippen molar-refractivity contribution in [1.29, 1.82) is 0 Å². The fourth-order valence-corrected chi connectivity index (χ4v) is 5.69. The lowest BCUT2D eigenvalue weighted by Gasteiger charge is -2.46. The van der Waals surface area contributed by atoms with E-state index >= 15 is 0 Å². The molecule has 16 heavy (non-hydrogen) atoms. The van der Waals surface area contributed by atoms with Crippen LogP contribution in [0.1, 0.15) is 19.3 Å². The SMILES string of the molecule is O=S1(=O)CCC(CO)(C2(O)CCSC2)CC1. The number of hydrogen-bond acceptors (Lipinski definition) is 5. The molecule has 0 aromatic heterocycles. The predicted octanol–water partition coefficient (Wildman–Crippen LogP) is 0.0417. The molecule has 6 heteroatoms. The van der Waals surface area contributed by atoms with Crippen molar-refractivity contribution in [2.75, 3.05) is 29.6 Å². The molecule has 0 radical (unpaired) electrons. The van der Waals surface area contributed by atoms with Gasteiger partial charge in [0.05, 0.1) is 23.7 Å². The van der Waals surface area contributed by atoms with E-state index in [-0.39, 0.29) is 18.1 Å². The molecule has 4 nitrogen and oxygen atoms in total. The maximum Gasteiger partial charge on any atom is 0.150 e. The summed E-state index contributed by atoms with van der Waals surface area (Å²) in [5, 5.41) is 20.1. The summed E-state index contributed by atoms with van der Waals surface area (Å²) in [5.41, 5.74) is -1.47. The number of aliphatic hydroxyl groups excluding tert-OH is 1. The zero-order valence-corrected chi connectivity index (χ0v) is 10.8. The van der Waals surface area contributed by atoms with Crippen molar-refractivity contribution in [2.24, 2.45) is 5.41 Å². The average molecular weight is 266 g/mol. The second-order valence-corrected chi connectivity index (χ2v) is 8.33. The largest absolute Gasteiger partial charge is 0.396 e. The molecule has 0 aliphatic carbocycles. The van der Waals surface area contributed by atoms with E-state index in [1.165, 1.54) is 0 Å². The molecule has 0 aromatic rings. The molecule has 0 bridgehead atoms. The van der Waals surface area contributed by atoms with Gasteiger partial charge < -0.3 is 10.2 Å². The molecule has 0 spiro atoms. The van der Waals surface area contributed by atoms with Gasteiger partial charge in [0.15, 0.2) is 0 Å². The lowest BCUT2D eigenvalue weighted by Crippen LogP contribution is -2.54. The Hall–Kier alpha value is 0.220. The molecule has 2 N–H and O–H groups in total. The van der Waals surface area contributed by atoms with Gasteiger partial charge in [0.2, 0.25) is 0 Å². The molecule has 0 saturated carbocycles. The van der Waals surface area contributed by atoms with Gasteiger partial charge >= 0.3 is 0 Å². The van der Waals surface area contributed by atoms with Crippen LogP contribution in [0.15, 0.2) is 0 Å². The maximum absolute atomic E-state index is 11.4. The van der Waals surface area contributed by atoms with E-state index in [1.54, 1.807) is 11.8 Å². The Morgan fingerprint density at radius 1 is 1.19 bits per heavy atom. The van der Waals surface area contributed by atoms with E-state index in [0.717, 1.165) is 5.75 Å². The van der Waals surface area contributed by atoms with Gasteiger partial charge in [0.25, 0.3) is 0 Å². The monoisotopic (exact) mass is 266 g/mol. The molecule has 2 rings (SSSR count). The van der Waals surface area contributed by atoms with Crippen molar-refractivity contribution in [3.63, 3.8) is 0 Å². The summed E-state index contributed by atoms with van der Waals surface area (Å²) in [4.78, 5) is 0. The van der Waals surface area contributed by atoms with E-state index < -0.39 is 20.9 Å². The molecular weight excluding hydrogens is 248 g/mol. The molecule has 0 amide bonds. The van der Waals surface area contributed by atoms with Gasteiger partial charge in [-0.2, -0.15) is 11.8 Å². The first-order chi connectivity index (χ1) is 7.43. The predicted molar refractivity (Wildman–Crippen MR) is 64.3 cm³/mol. The highest BCUT2D eigenvalue weighted by Crippen LogP contribution is 2.48. The summed E-state index contributed by atoms with van der Waals surface area (Å²) in [6, 6.07) is 0. The first-order valence-corrected chi connectivity index (χ1v) is 8.52. The molecule has 0 aromatic carbocycles. The quantitative estimate of drug-likeness (QED) is 0.738. The zero-order chi connectivity index (χ0) is 11.9. The van der Waals surface area contributed by atoms with Gasteiger partial charge in [-0.25, -0.2) is 8.42 Å². The van der Waals surface area contributed by atoms with Crippen LogP contribution >= 0.6 is 11.8 Å². The third-order valence-electron chi connectivity index (χ3n) is 4.07. The Morgan fingerprint density at radius 3 is 2.25 bits per heavy atom. The molecule has 1 unspecified atom stereocenters. The van der Waals surface area contributed by atoms with Crippen LogP contribution in [0.25, 0.3) is 0 Å². The van der Waals surface area contributed by atoms with Crippen LogP contribution in [0.5, 0.6) is 0 Å². The fraction of sp³-hybridized carbons (Fsp3) is 1.00. The van der Waals surface area contributed by atoms with Crippen LogP contribution in [0.2, 0.25) is 0 Å². The first kappa shape index (κ1) is 12.7. The van der Waals surface area contributed by atoms with Crippen molar-refractivity contribution in [3.05, 3.63) is 0 Å². The normalized spacial score (nSPS) is 37.4. The third-order valence-corrected chi connectivity index (χ3v) is 6.90. The Bertz CT molecular complexity index is 343. The summed E-state index contributed by atoms with van der Waals surface area (Å²) in [6.45, 7) is -0.112. The van der Waals surface area contributed by atoms with Gasteiger partial charge in [-0.3, -0.25) is 0 Å². The summed E-state index contributed by atoms with van der Waals surface area (Å²) >= 11 is 1.68. The molecule has 2 saturated heterocycles. The van der Waals surface area contributed by atoms with E-state index in [2.05, 4.69) is 0 Å². The Morgan fingerprint density at radius 2 is 1.81 bits per heavy atom. The standard InChI is InChI=1S/C10H18O4S2/c11-7-9(10(12)1-4-15-8-10)2-5-16(13,14)6-3-9/h11-12H,1-8H2. The summed E-state index contributed by atoms with van der Waals surface area (Å²) in [7, 11) is -2.95. The smallest absolute Gasteiger partial charge is 0.150 e. The fourth-order valence-electron chi connectivity index (χ4n) is 2.67. The van der Waals surface area contributed by atoms with Gasteiger partial charge in [0.1, 0.15) is 9.84 Å². The van der Waals surface area contributed by atoms with Crippen LogP contribution < -0.4 is 0 Å². The number of sulfone groups is 1. The average Bonchev–Trinajstić information content (AvgIpc) is 2.67. The molecule has 94 valence electrons. The van der Waals surface area contributed by atoms with Crippen molar-refractivity contribution in [3.8, 4) is 0 Å². The highest BCUT2D eigenvalue weighted by Gasteiger charge is 2.53. The highest BCUT2D eigenvalue weighted by atomic mass is 32.2. The number of hydrogen-bond donors (Lipinski definition) is 2. The van der Waals surface area contributed by atoms with Gasteiger partial charge in [-0.1, -0.05) is 0 Å².